The van der Waals surface area contributed by atoms with Gasteiger partial charge in [0, 0.05) is 6.07 Å². The molecule has 0 saturated heterocycles. The molecule has 0 atom stereocenters. The molecule has 6 heteroatoms. The fourth-order valence-corrected chi connectivity index (χ4v) is 1.21. The number of H-pyrrole nitrogens is 1. The minimum absolute atomic E-state index is 0.153. The summed E-state index contributed by atoms with van der Waals surface area (Å²) in [4.78, 5) is 2.65. The van der Waals surface area contributed by atoms with Crippen LogP contribution in [0.15, 0.2) is 18.2 Å². The first-order valence-electron chi connectivity index (χ1n) is 4.23. The average Bonchev–Trinajstić information content (AvgIpc) is 2.64. The number of aromatic nitrogens is 3. The molecule has 0 aliphatic carbocycles. The van der Waals surface area contributed by atoms with Crippen LogP contribution in [0, 0.1) is 5.82 Å². The molecule has 0 saturated carbocycles. The Morgan fingerprint density at radius 3 is 2.73 bits per heavy atom. The molecular formula is C9H9FN4O. The van der Waals surface area contributed by atoms with Crippen LogP contribution < -0.4 is 10.5 Å². The van der Waals surface area contributed by atoms with E-state index in [4.69, 9.17) is 10.5 Å². The van der Waals surface area contributed by atoms with Crippen LogP contribution in [-0.4, -0.2) is 22.3 Å². The van der Waals surface area contributed by atoms with Crippen LogP contribution in [0.5, 0.6) is 5.75 Å². The number of anilines is 1. The average molecular weight is 208 g/mol. The molecule has 3 N–H and O–H groups in total. The van der Waals surface area contributed by atoms with Gasteiger partial charge >= 0.3 is 0 Å². The van der Waals surface area contributed by atoms with Crippen LogP contribution >= 0.6 is 0 Å². The third kappa shape index (κ3) is 1.74. The fourth-order valence-electron chi connectivity index (χ4n) is 1.21. The first kappa shape index (κ1) is 9.45. The maximum Gasteiger partial charge on any atom is 0.219 e. The van der Waals surface area contributed by atoms with Crippen molar-refractivity contribution in [3.05, 3.63) is 24.0 Å². The van der Waals surface area contributed by atoms with Gasteiger partial charge in [0.05, 0.1) is 12.7 Å². The van der Waals surface area contributed by atoms with Gasteiger partial charge in [-0.2, -0.15) is 0 Å². The van der Waals surface area contributed by atoms with Crippen molar-refractivity contribution in [2.75, 3.05) is 12.8 Å². The van der Waals surface area contributed by atoms with Gasteiger partial charge in [-0.15, -0.1) is 10.2 Å². The number of nitrogens with one attached hydrogen (secondary N) is 1. The second-order valence-corrected chi connectivity index (χ2v) is 2.90. The van der Waals surface area contributed by atoms with E-state index in [2.05, 4.69) is 15.2 Å². The third-order valence-corrected chi connectivity index (χ3v) is 1.94. The quantitative estimate of drug-likeness (QED) is 0.777. The van der Waals surface area contributed by atoms with E-state index >= 15 is 0 Å². The van der Waals surface area contributed by atoms with Gasteiger partial charge in [0.25, 0.3) is 0 Å². The maximum absolute atomic E-state index is 13.5. The van der Waals surface area contributed by atoms with E-state index < -0.39 is 5.82 Å². The molecular weight excluding hydrogens is 199 g/mol. The van der Waals surface area contributed by atoms with Gasteiger partial charge in [-0.3, -0.25) is 0 Å². The standard InChI is InChI=1S/C9H9FN4O/c1-15-5-2-3-6(7(10)4-5)8-12-9(11)14-13-8/h2-4H,1H3,(H3,11,12,13,14). The summed E-state index contributed by atoms with van der Waals surface area (Å²) in [7, 11) is 1.47. The number of benzene rings is 1. The predicted molar refractivity (Wildman–Crippen MR) is 52.7 cm³/mol. The topological polar surface area (TPSA) is 76.8 Å². The second-order valence-electron chi connectivity index (χ2n) is 2.90. The molecule has 0 fully saturated rings. The highest BCUT2D eigenvalue weighted by atomic mass is 19.1. The highest BCUT2D eigenvalue weighted by molar-refractivity contribution is 5.58. The normalized spacial score (nSPS) is 10.3. The number of methoxy groups -OCH3 is 1. The number of hydrogen-bond donors (Lipinski definition) is 2. The third-order valence-electron chi connectivity index (χ3n) is 1.94. The molecule has 0 amide bonds. The van der Waals surface area contributed by atoms with Crippen molar-refractivity contribution < 1.29 is 9.13 Å². The molecule has 0 aliphatic rings. The Morgan fingerprint density at radius 1 is 1.40 bits per heavy atom. The summed E-state index contributed by atoms with van der Waals surface area (Å²) in [6, 6.07) is 4.46. The van der Waals surface area contributed by atoms with Gasteiger partial charge in [0.1, 0.15) is 11.6 Å². The molecule has 78 valence electrons. The molecule has 0 unspecified atom stereocenters. The number of nitrogen functional groups attached to an aromatic ring is 1. The molecule has 1 aromatic carbocycles. The van der Waals surface area contributed by atoms with Crippen molar-refractivity contribution in [3.63, 3.8) is 0 Å². The zero-order valence-corrected chi connectivity index (χ0v) is 7.99. The first-order valence-corrected chi connectivity index (χ1v) is 4.23. The Kier molecular flexibility index (Phi) is 2.24. The van der Waals surface area contributed by atoms with E-state index in [1.165, 1.54) is 13.2 Å². The Hall–Kier alpha value is -2.11. The van der Waals surface area contributed by atoms with Gasteiger partial charge in [0.2, 0.25) is 5.95 Å². The number of hydrogen-bond acceptors (Lipinski definition) is 4. The molecule has 0 bridgehead atoms. The molecule has 5 nitrogen and oxygen atoms in total. The molecule has 0 radical (unpaired) electrons. The summed E-state index contributed by atoms with van der Waals surface area (Å²) in [6.07, 6.45) is 0. The van der Waals surface area contributed by atoms with Crippen molar-refractivity contribution in [2.45, 2.75) is 0 Å². The van der Waals surface area contributed by atoms with E-state index in [1.807, 2.05) is 0 Å². The monoisotopic (exact) mass is 208 g/mol. The minimum atomic E-state index is -0.439. The summed E-state index contributed by atoms with van der Waals surface area (Å²) in [6.45, 7) is 0. The van der Waals surface area contributed by atoms with Crippen LogP contribution in [0.2, 0.25) is 0 Å². The molecule has 2 rings (SSSR count). The lowest BCUT2D eigenvalue weighted by Crippen LogP contribution is -1.90. The van der Waals surface area contributed by atoms with Gasteiger partial charge in [-0.25, -0.2) is 4.39 Å². The van der Waals surface area contributed by atoms with Crippen molar-refractivity contribution in [3.8, 4) is 17.1 Å². The predicted octanol–water partition coefficient (Wildman–Crippen LogP) is 1.20. The fraction of sp³-hybridized carbons (Fsp3) is 0.111. The summed E-state index contributed by atoms with van der Waals surface area (Å²) in [5.74, 6) is 0.460. The largest absolute Gasteiger partial charge is 0.497 e. The van der Waals surface area contributed by atoms with Gasteiger partial charge in [-0.1, -0.05) is 0 Å². The van der Waals surface area contributed by atoms with Crippen LogP contribution in [0.3, 0.4) is 0 Å². The first-order chi connectivity index (χ1) is 7.20. The Labute approximate surface area is 85.1 Å². The number of rotatable bonds is 2. The number of ether oxygens (including phenoxy) is 1. The van der Waals surface area contributed by atoms with Crippen molar-refractivity contribution in [1.82, 2.24) is 15.2 Å². The van der Waals surface area contributed by atoms with E-state index in [-0.39, 0.29) is 5.95 Å². The number of nitrogens with zero attached hydrogens (tertiary/aromatic N) is 2. The number of aromatic amines is 1. The Bertz CT molecular complexity index is 483. The van der Waals surface area contributed by atoms with Crippen molar-refractivity contribution in [1.29, 1.82) is 0 Å². The SMILES string of the molecule is COc1ccc(-c2nnc(N)[nH]2)c(F)c1. The number of halogens is 1. The molecule has 0 aliphatic heterocycles. The zero-order chi connectivity index (χ0) is 10.8. The summed E-state index contributed by atoms with van der Waals surface area (Å²) >= 11 is 0. The van der Waals surface area contributed by atoms with E-state index in [0.717, 1.165) is 0 Å². The van der Waals surface area contributed by atoms with E-state index in [1.54, 1.807) is 12.1 Å². The van der Waals surface area contributed by atoms with E-state index in [9.17, 15) is 4.39 Å². The van der Waals surface area contributed by atoms with Gasteiger partial charge in [0.15, 0.2) is 5.82 Å². The highest BCUT2D eigenvalue weighted by Gasteiger charge is 2.09. The Balaban J connectivity index is 2.45. The zero-order valence-electron chi connectivity index (χ0n) is 7.99. The smallest absolute Gasteiger partial charge is 0.219 e. The summed E-state index contributed by atoms with van der Waals surface area (Å²) < 4.78 is 18.4. The van der Waals surface area contributed by atoms with Crippen LogP contribution in [-0.2, 0) is 0 Å². The lowest BCUT2D eigenvalue weighted by atomic mass is 10.2. The van der Waals surface area contributed by atoms with Crippen LogP contribution in [0.25, 0.3) is 11.4 Å². The van der Waals surface area contributed by atoms with Crippen molar-refractivity contribution in [2.24, 2.45) is 0 Å². The van der Waals surface area contributed by atoms with Gasteiger partial charge < -0.3 is 15.5 Å². The molecule has 2 aromatic rings. The van der Waals surface area contributed by atoms with Crippen molar-refractivity contribution >= 4 is 5.95 Å². The second kappa shape index (κ2) is 3.56. The minimum Gasteiger partial charge on any atom is -0.497 e. The molecule has 1 aromatic heterocycles. The maximum atomic E-state index is 13.5. The highest BCUT2D eigenvalue weighted by Crippen LogP contribution is 2.23. The van der Waals surface area contributed by atoms with Crippen LogP contribution in [0.1, 0.15) is 0 Å². The lowest BCUT2D eigenvalue weighted by Gasteiger charge is -2.02. The van der Waals surface area contributed by atoms with Crippen LogP contribution in [0.4, 0.5) is 10.3 Å². The summed E-state index contributed by atoms with van der Waals surface area (Å²) in [5.41, 5.74) is 5.65. The van der Waals surface area contributed by atoms with E-state index in [0.29, 0.717) is 17.1 Å². The lowest BCUT2D eigenvalue weighted by molar-refractivity contribution is 0.411. The molecule has 0 spiro atoms. The Morgan fingerprint density at radius 2 is 2.20 bits per heavy atom. The summed E-state index contributed by atoms with van der Waals surface area (Å²) in [5, 5.41) is 7.24. The molecule has 15 heavy (non-hydrogen) atoms. The number of nitrogens with two attached hydrogens (primary N) is 1. The molecule has 1 heterocycles. The van der Waals surface area contributed by atoms with Gasteiger partial charge in [-0.05, 0) is 12.1 Å².